The highest BCUT2D eigenvalue weighted by atomic mass is 14.9. The van der Waals surface area contributed by atoms with Crippen LogP contribution in [0.2, 0.25) is 0 Å². The van der Waals surface area contributed by atoms with Gasteiger partial charge in [0.05, 0.1) is 0 Å². The van der Waals surface area contributed by atoms with Crippen molar-refractivity contribution in [2.75, 3.05) is 6.54 Å². The first-order valence-electron chi connectivity index (χ1n) is 4.47. The smallest absolute Gasteiger partial charge is 0.109 e. The lowest BCUT2D eigenvalue weighted by molar-refractivity contribution is 0.674. The fourth-order valence-corrected chi connectivity index (χ4v) is 0.798. The summed E-state index contributed by atoms with van der Waals surface area (Å²) in [6.45, 7) is 6.84. The van der Waals surface area contributed by atoms with E-state index in [1.807, 2.05) is 13.8 Å². The van der Waals surface area contributed by atoms with Crippen molar-refractivity contribution in [2.45, 2.75) is 39.7 Å². The van der Waals surface area contributed by atoms with E-state index in [9.17, 15) is 0 Å². The van der Waals surface area contributed by atoms with Crippen molar-refractivity contribution in [2.24, 2.45) is 15.7 Å². The van der Waals surface area contributed by atoms with Crippen molar-refractivity contribution in [3.63, 3.8) is 0 Å². The lowest BCUT2D eigenvalue weighted by Gasteiger charge is -2.06. The molecule has 1 unspecified atom stereocenters. The van der Waals surface area contributed by atoms with Crippen LogP contribution in [0.4, 0.5) is 0 Å². The van der Waals surface area contributed by atoms with Gasteiger partial charge >= 0.3 is 0 Å². The maximum atomic E-state index is 5.75. The molecule has 0 saturated carbocycles. The lowest BCUT2D eigenvalue weighted by Crippen LogP contribution is -2.21. The van der Waals surface area contributed by atoms with E-state index in [1.54, 1.807) is 6.34 Å². The Bertz CT molecular complexity index is 161. The molecule has 0 bridgehead atoms. The van der Waals surface area contributed by atoms with Crippen LogP contribution in [-0.4, -0.2) is 24.6 Å². The normalized spacial score (nSPS) is 15.5. The van der Waals surface area contributed by atoms with Crippen molar-refractivity contribution in [3.8, 4) is 0 Å². The Kier molecular flexibility index (Phi) is 6.57. The molecule has 0 fully saturated rings. The van der Waals surface area contributed by atoms with Crippen LogP contribution in [0, 0.1) is 0 Å². The first-order valence-corrected chi connectivity index (χ1v) is 4.47. The van der Waals surface area contributed by atoms with Crippen molar-refractivity contribution >= 4 is 12.1 Å². The molecule has 12 heavy (non-hydrogen) atoms. The summed E-state index contributed by atoms with van der Waals surface area (Å²) < 4.78 is 0. The summed E-state index contributed by atoms with van der Waals surface area (Å²) >= 11 is 0. The predicted octanol–water partition coefficient (Wildman–Crippen LogP) is 1.62. The number of hydrogen-bond donors (Lipinski definition) is 1. The summed E-state index contributed by atoms with van der Waals surface area (Å²) in [6, 6.07) is 0.240. The van der Waals surface area contributed by atoms with Crippen LogP contribution >= 0.6 is 0 Å². The Balaban J connectivity index is 3.77. The Morgan fingerprint density at radius 3 is 2.67 bits per heavy atom. The third kappa shape index (κ3) is 6.04. The molecule has 3 heteroatoms. The zero-order valence-electron chi connectivity index (χ0n) is 8.25. The minimum atomic E-state index is 0.240. The van der Waals surface area contributed by atoms with Crippen LogP contribution in [-0.2, 0) is 0 Å². The summed E-state index contributed by atoms with van der Waals surface area (Å²) in [4.78, 5) is 8.14. The molecule has 0 aromatic rings. The molecule has 3 nitrogen and oxygen atoms in total. The van der Waals surface area contributed by atoms with Gasteiger partial charge in [0.2, 0.25) is 0 Å². The zero-order chi connectivity index (χ0) is 9.40. The molecule has 1 atom stereocenters. The van der Waals surface area contributed by atoms with E-state index in [2.05, 4.69) is 16.9 Å². The van der Waals surface area contributed by atoms with Gasteiger partial charge in [-0.25, -0.2) is 4.99 Å². The second kappa shape index (κ2) is 6.98. The van der Waals surface area contributed by atoms with Gasteiger partial charge < -0.3 is 5.73 Å². The van der Waals surface area contributed by atoms with E-state index in [0.717, 1.165) is 25.1 Å². The molecule has 0 aromatic carbocycles. The Hall–Kier alpha value is -0.700. The number of nitrogens with zero attached hydrogens (tertiary/aromatic N) is 2. The summed E-state index contributed by atoms with van der Waals surface area (Å²) in [5, 5.41) is 0. The first kappa shape index (κ1) is 11.3. The largest absolute Gasteiger partial charge is 0.327 e. The van der Waals surface area contributed by atoms with E-state index in [0.29, 0.717) is 0 Å². The third-order valence-electron chi connectivity index (χ3n) is 1.62. The lowest BCUT2D eigenvalue weighted by atomic mass is 10.1. The highest BCUT2D eigenvalue weighted by molar-refractivity contribution is 5.88. The molecule has 0 aliphatic rings. The molecule has 0 rings (SSSR count). The predicted molar refractivity (Wildman–Crippen MR) is 55.0 cm³/mol. The summed E-state index contributed by atoms with van der Waals surface area (Å²) in [6.07, 6.45) is 3.47. The molecule has 70 valence electrons. The van der Waals surface area contributed by atoms with Crippen molar-refractivity contribution < 1.29 is 0 Å². The quantitative estimate of drug-likeness (QED) is 0.493. The monoisotopic (exact) mass is 169 g/mol. The molecule has 0 saturated heterocycles. The average molecular weight is 169 g/mol. The van der Waals surface area contributed by atoms with Crippen LogP contribution in [0.1, 0.15) is 33.6 Å². The van der Waals surface area contributed by atoms with Crippen LogP contribution in [0.25, 0.3) is 0 Å². The fraction of sp³-hybridized carbons (Fsp3) is 0.778. The van der Waals surface area contributed by atoms with E-state index < -0.39 is 0 Å². The Morgan fingerprint density at radius 1 is 1.50 bits per heavy atom. The highest BCUT2D eigenvalue weighted by Gasteiger charge is 1.99. The van der Waals surface area contributed by atoms with Gasteiger partial charge in [-0.1, -0.05) is 6.92 Å². The number of aliphatic imine (C=N–C) groups is 2. The van der Waals surface area contributed by atoms with Crippen LogP contribution in [0.3, 0.4) is 0 Å². The maximum absolute atomic E-state index is 5.75. The standard InChI is InChI=1S/C9H19N3/c1-4-9(10)6-8(3)12-7-11-5-2/h7,9H,4-6,10H2,1-3H3. The SMILES string of the molecule is CCN=CN=C(C)CC(N)CC. The van der Waals surface area contributed by atoms with Gasteiger partial charge in [0.15, 0.2) is 0 Å². The topological polar surface area (TPSA) is 50.7 Å². The third-order valence-corrected chi connectivity index (χ3v) is 1.62. The maximum Gasteiger partial charge on any atom is 0.109 e. The average Bonchev–Trinajstić information content (AvgIpc) is 2.05. The molecule has 0 radical (unpaired) electrons. The van der Waals surface area contributed by atoms with Gasteiger partial charge in [-0.3, -0.25) is 4.99 Å². The molecule has 0 aliphatic carbocycles. The molecule has 0 heterocycles. The van der Waals surface area contributed by atoms with Crippen LogP contribution < -0.4 is 5.73 Å². The zero-order valence-corrected chi connectivity index (χ0v) is 8.25. The second-order valence-corrected chi connectivity index (χ2v) is 2.85. The second-order valence-electron chi connectivity index (χ2n) is 2.85. The van der Waals surface area contributed by atoms with E-state index in [-0.39, 0.29) is 6.04 Å². The molecule has 0 spiro atoms. The molecular weight excluding hydrogens is 150 g/mol. The summed E-state index contributed by atoms with van der Waals surface area (Å²) in [7, 11) is 0. The van der Waals surface area contributed by atoms with E-state index in [1.165, 1.54) is 0 Å². The molecular formula is C9H19N3. The Morgan fingerprint density at radius 2 is 2.17 bits per heavy atom. The number of hydrogen-bond acceptors (Lipinski definition) is 2. The molecule has 0 aromatic heterocycles. The van der Waals surface area contributed by atoms with Gasteiger partial charge in [-0.15, -0.1) is 0 Å². The van der Waals surface area contributed by atoms with Gasteiger partial charge in [-0.2, -0.15) is 0 Å². The van der Waals surface area contributed by atoms with Crippen molar-refractivity contribution in [3.05, 3.63) is 0 Å². The summed E-state index contributed by atoms with van der Waals surface area (Å²) in [5.41, 5.74) is 6.81. The molecule has 2 N–H and O–H groups in total. The van der Waals surface area contributed by atoms with Crippen molar-refractivity contribution in [1.29, 1.82) is 0 Å². The fourth-order valence-electron chi connectivity index (χ4n) is 0.798. The van der Waals surface area contributed by atoms with Gasteiger partial charge in [0.1, 0.15) is 6.34 Å². The molecule has 0 aliphatic heterocycles. The van der Waals surface area contributed by atoms with E-state index in [4.69, 9.17) is 5.73 Å². The minimum Gasteiger partial charge on any atom is -0.327 e. The van der Waals surface area contributed by atoms with Gasteiger partial charge in [-0.05, 0) is 20.3 Å². The first-order chi connectivity index (χ1) is 5.70. The van der Waals surface area contributed by atoms with E-state index >= 15 is 0 Å². The van der Waals surface area contributed by atoms with Crippen LogP contribution in [0.5, 0.6) is 0 Å². The highest BCUT2D eigenvalue weighted by Crippen LogP contribution is 1.95. The van der Waals surface area contributed by atoms with Crippen molar-refractivity contribution in [1.82, 2.24) is 0 Å². The minimum absolute atomic E-state index is 0.240. The summed E-state index contributed by atoms with van der Waals surface area (Å²) in [5.74, 6) is 0. The van der Waals surface area contributed by atoms with Gasteiger partial charge in [0, 0.05) is 24.7 Å². The number of nitrogens with two attached hydrogens (primary N) is 1. The van der Waals surface area contributed by atoms with Crippen LogP contribution in [0.15, 0.2) is 9.98 Å². The number of rotatable bonds is 5. The molecule has 0 amide bonds. The van der Waals surface area contributed by atoms with Gasteiger partial charge in [0.25, 0.3) is 0 Å². The Labute approximate surface area is 74.8 Å².